The highest BCUT2D eigenvalue weighted by Crippen LogP contribution is 2.23. The van der Waals surface area contributed by atoms with Crippen LogP contribution in [0.25, 0.3) is 0 Å². The number of tetrazole rings is 1. The molecular formula is C12H13FN6O2. The first-order valence-corrected chi connectivity index (χ1v) is 6.41. The van der Waals surface area contributed by atoms with Gasteiger partial charge in [-0.15, -0.1) is 5.10 Å². The molecule has 0 amide bonds. The quantitative estimate of drug-likeness (QED) is 0.843. The van der Waals surface area contributed by atoms with Crippen molar-refractivity contribution in [3.05, 3.63) is 29.6 Å². The Morgan fingerprint density at radius 2 is 1.95 bits per heavy atom. The molecule has 3 rings (SSSR count). The molecule has 1 aliphatic heterocycles. The van der Waals surface area contributed by atoms with Gasteiger partial charge in [0.05, 0.1) is 11.3 Å². The van der Waals surface area contributed by atoms with E-state index in [0.717, 1.165) is 0 Å². The molecule has 0 bridgehead atoms. The number of rotatable bonds is 3. The van der Waals surface area contributed by atoms with E-state index in [2.05, 4.69) is 20.6 Å². The Hall–Kier alpha value is -2.71. The molecule has 1 aromatic heterocycles. The van der Waals surface area contributed by atoms with Crippen molar-refractivity contribution in [1.29, 1.82) is 0 Å². The van der Waals surface area contributed by atoms with Crippen molar-refractivity contribution in [3.63, 3.8) is 0 Å². The fourth-order valence-electron chi connectivity index (χ4n) is 2.33. The minimum absolute atomic E-state index is 0.0759. The highest BCUT2D eigenvalue weighted by atomic mass is 19.1. The summed E-state index contributed by atoms with van der Waals surface area (Å²) in [6.07, 6.45) is 0. The van der Waals surface area contributed by atoms with E-state index in [0.29, 0.717) is 37.8 Å². The summed E-state index contributed by atoms with van der Waals surface area (Å²) in [5.41, 5.74) is 0.384. The normalized spacial score (nSPS) is 15.3. The number of aromatic amines is 1. The van der Waals surface area contributed by atoms with Crippen LogP contribution in [0.1, 0.15) is 10.4 Å². The van der Waals surface area contributed by atoms with Crippen LogP contribution in [0, 0.1) is 5.82 Å². The molecular weight excluding hydrogens is 279 g/mol. The monoisotopic (exact) mass is 292 g/mol. The predicted octanol–water partition coefficient (Wildman–Crippen LogP) is 0.364. The lowest BCUT2D eigenvalue weighted by atomic mass is 10.1. The van der Waals surface area contributed by atoms with Gasteiger partial charge < -0.3 is 14.9 Å². The van der Waals surface area contributed by atoms with Crippen molar-refractivity contribution >= 4 is 17.6 Å². The second kappa shape index (κ2) is 5.35. The minimum Gasteiger partial charge on any atom is -0.478 e. The van der Waals surface area contributed by atoms with E-state index in [1.54, 1.807) is 0 Å². The Morgan fingerprint density at radius 1 is 1.24 bits per heavy atom. The fraction of sp³-hybridized carbons (Fsp3) is 0.333. The number of aromatic nitrogens is 4. The van der Waals surface area contributed by atoms with Crippen LogP contribution in [-0.2, 0) is 0 Å². The van der Waals surface area contributed by atoms with Crippen molar-refractivity contribution in [2.45, 2.75) is 0 Å². The van der Waals surface area contributed by atoms with Crippen LogP contribution in [0.2, 0.25) is 0 Å². The number of H-pyrrole nitrogens is 1. The zero-order valence-electron chi connectivity index (χ0n) is 11.0. The van der Waals surface area contributed by atoms with Gasteiger partial charge in [-0.25, -0.2) is 9.18 Å². The van der Waals surface area contributed by atoms with E-state index in [4.69, 9.17) is 5.11 Å². The number of nitrogens with zero attached hydrogens (tertiary/aromatic N) is 5. The van der Waals surface area contributed by atoms with Gasteiger partial charge in [-0.3, -0.25) is 0 Å². The number of piperazine rings is 1. The van der Waals surface area contributed by atoms with Crippen LogP contribution in [-0.4, -0.2) is 57.9 Å². The molecule has 0 atom stereocenters. The van der Waals surface area contributed by atoms with Gasteiger partial charge in [-0.05, 0) is 23.4 Å². The number of hydrogen-bond acceptors (Lipinski definition) is 6. The third kappa shape index (κ3) is 2.62. The summed E-state index contributed by atoms with van der Waals surface area (Å²) in [4.78, 5) is 14.7. The fourth-order valence-corrected chi connectivity index (χ4v) is 2.33. The Bertz CT molecular complexity index is 639. The average Bonchev–Trinajstić information content (AvgIpc) is 3.02. The van der Waals surface area contributed by atoms with Crippen molar-refractivity contribution < 1.29 is 14.3 Å². The summed E-state index contributed by atoms with van der Waals surface area (Å²) in [5, 5.41) is 22.7. The molecule has 9 heteroatoms. The molecule has 1 aromatic carbocycles. The van der Waals surface area contributed by atoms with E-state index in [1.807, 2.05) is 9.80 Å². The van der Waals surface area contributed by atoms with Gasteiger partial charge in [0.2, 0.25) is 0 Å². The maximum Gasteiger partial charge on any atom is 0.335 e. The Morgan fingerprint density at radius 3 is 2.57 bits per heavy atom. The Kier molecular flexibility index (Phi) is 3.38. The lowest BCUT2D eigenvalue weighted by molar-refractivity contribution is 0.0697. The highest BCUT2D eigenvalue weighted by molar-refractivity contribution is 5.88. The number of aromatic carboxylic acids is 1. The van der Waals surface area contributed by atoms with Crippen LogP contribution >= 0.6 is 0 Å². The van der Waals surface area contributed by atoms with Gasteiger partial charge >= 0.3 is 5.97 Å². The first kappa shape index (κ1) is 13.3. The van der Waals surface area contributed by atoms with Crippen molar-refractivity contribution in [1.82, 2.24) is 20.6 Å². The van der Waals surface area contributed by atoms with Gasteiger partial charge in [0.15, 0.2) is 0 Å². The average molecular weight is 292 g/mol. The number of carboxylic acids is 1. The standard InChI is InChI=1S/C12H13FN6O2/c13-9-2-1-8(11(20)21)7-10(9)18-3-5-19(6-4-18)12-14-16-17-15-12/h1-2,7H,3-6H2,(H,20,21)(H,14,15,16,17). The molecule has 2 heterocycles. The molecule has 0 spiro atoms. The predicted molar refractivity (Wildman–Crippen MR) is 72.0 cm³/mol. The maximum atomic E-state index is 13.9. The Labute approximate surface area is 119 Å². The molecule has 2 N–H and O–H groups in total. The van der Waals surface area contributed by atoms with Crippen LogP contribution < -0.4 is 9.80 Å². The molecule has 110 valence electrons. The summed E-state index contributed by atoms with van der Waals surface area (Å²) in [7, 11) is 0. The molecule has 1 saturated heterocycles. The smallest absolute Gasteiger partial charge is 0.335 e. The van der Waals surface area contributed by atoms with Gasteiger partial charge in [-0.2, -0.15) is 5.21 Å². The minimum atomic E-state index is -1.07. The topological polar surface area (TPSA) is 98.2 Å². The van der Waals surface area contributed by atoms with Gasteiger partial charge in [0.25, 0.3) is 5.95 Å². The lowest BCUT2D eigenvalue weighted by Gasteiger charge is -2.35. The van der Waals surface area contributed by atoms with E-state index < -0.39 is 11.8 Å². The molecule has 0 radical (unpaired) electrons. The summed E-state index contributed by atoms with van der Waals surface area (Å²) in [5.74, 6) is -0.982. The second-order valence-corrected chi connectivity index (χ2v) is 4.66. The van der Waals surface area contributed by atoms with E-state index in [9.17, 15) is 9.18 Å². The largest absolute Gasteiger partial charge is 0.478 e. The van der Waals surface area contributed by atoms with Gasteiger partial charge in [0, 0.05) is 26.2 Å². The number of nitrogens with one attached hydrogen (secondary N) is 1. The zero-order valence-corrected chi connectivity index (χ0v) is 11.0. The summed E-state index contributed by atoms with van der Waals surface area (Å²) in [6.45, 7) is 2.32. The number of hydrogen-bond donors (Lipinski definition) is 2. The second-order valence-electron chi connectivity index (χ2n) is 4.66. The molecule has 1 aliphatic rings. The van der Waals surface area contributed by atoms with Gasteiger partial charge in [0.1, 0.15) is 5.82 Å². The number of anilines is 2. The first-order chi connectivity index (χ1) is 10.1. The molecule has 0 aliphatic carbocycles. The number of carbonyl (C=O) groups is 1. The van der Waals surface area contributed by atoms with E-state index in [-0.39, 0.29) is 5.56 Å². The zero-order chi connectivity index (χ0) is 14.8. The van der Waals surface area contributed by atoms with Crippen LogP contribution in [0.3, 0.4) is 0 Å². The van der Waals surface area contributed by atoms with Crippen molar-refractivity contribution in [2.24, 2.45) is 0 Å². The molecule has 8 nitrogen and oxygen atoms in total. The van der Waals surface area contributed by atoms with Crippen molar-refractivity contribution in [2.75, 3.05) is 36.0 Å². The van der Waals surface area contributed by atoms with Crippen LogP contribution in [0.5, 0.6) is 0 Å². The van der Waals surface area contributed by atoms with Crippen LogP contribution in [0.4, 0.5) is 16.0 Å². The molecule has 21 heavy (non-hydrogen) atoms. The van der Waals surface area contributed by atoms with Crippen molar-refractivity contribution in [3.8, 4) is 0 Å². The van der Waals surface area contributed by atoms with Gasteiger partial charge in [-0.1, -0.05) is 5.10 Å². The lowest BCUT2D eigenvalue weighted by Crippen LogP contribution is -2.47. The SMILES string of the molecule is O=C(O)c1ccc(F)c(N2CCN(c3nn[nH]n3)CC2)c1. The molecule has 2 aromatic rings. The summed E-state index contributed by atoms with van der Waals surface area (Å²) < 4.78 is 13.9. The van der Waals surface area contributed by atoms with E-state index in [1.165, 1.54) is 18.2 Å². The highest BCUT2D eigenvalue weighted by Gasteiger charge is 2.22. The Balaban J connectivity index is 1.75. The maximum absolute atomic E-state index is 13.9. The number of carboxylic acid groups (broad SMARTS) is 1. The molecule has 1 fully saturated rings. The molecule has 0 saturated carbocycles. The summed E-state index contributed by atoms with van der Waals surface area (Å²) in [6, 6.07) is 3.81. The molecule has 0 unspecified atom stereocenters. The number of halogens is 1. The first-order valence-electron chi connectivity index (χ1n) is 6.41. The van der Waals surface area contributed by atoms with E-state index >= 15 is 0 Å². The number of benzene rings is 1. The summed E-state index contributed by atoms with van der Waals surface area (Å²) >= 11 is 0. The van der Waals surface area contributed by atoms with Crippen LogP contribution in [0.15, 0.2) is 18.2 Å². The third-order valence-corrected chi connectivity index (χ3v) is 3.43. The third-order valence-electron chi connectivity index (χ3n) is 3.43.